The molecule has 5 aromatic rings. The van der Waals surface area contributed by atoms with Crippen molar-refractivity contribution in [3.63, 3.8) is 0 Å². The molecule has 0 saturated heterocycles. The SMILES string of the molecule is O=C(O)[C@H]1CC(=O)[C@@H](Cc2ccccc2Cl)NC(=O)[C@H](Cc2ccc(-c3ccccc3)cc2)NC(=O)[C@@H](Cc2cccs2)NC(=O)[C@H](O)[C@@H](O)C(=O)Nc2ccc(cc2)C1. The van der Waals surface area contributed by atoms with E-state index in [2.05, 4.69) is 21.3 Å². The molecule has 2 aliphatic rings. The van der Waals surface area contributed by atoms with E-state index in [0.29, 0.717) is 26.6 Å². The van der Waals surface area contributed by atoms with Crippen LogP contribution in [-0.2, 0) is 54.5 Å². The smallest absolute Gasteiger partial charge is 0.307 e. The van der Waals surface area contributed by atoms with E-state index in [9.17, 15) is 44.1 Å². The maximum Gasteiger partial charge on any atom is 0.307 e. The number of nitrogens with one attached hydrogen (secondary N) is 4. The number of thiophene rings is 1. The second-order valence-corrected chi connectivity index (χ2v) is 16.0. The lowest BCUT2D eigenvalue weighted by molar-refractivity contribution is -0.145. The molecule has 0 spiro atoms. The molecular weight excluding hydrogens is 808 g/mol. The fraction of sp³-hybridized carbons (Fsp3) is 0.244. The average Bonchev–Trinajstić information content (AvgIpc) is 3.77. The largest absolute Gasteiger partial charge is 0.481 e. The number of hydrogen-bond acceptors (Lipinski definition) is 9. The third kappa shape index (κ3) is 11.5. The lowest BCUT2D eigenvalue weighted by atomic mass is 9.90. The molecule has 310 valence electrons. The van der Waals surface area contributed by atoms with Crippen LogP contribution in [0.15, 0.2) is 121 Å². The maximum absolute atomic E-state index is 14.5. The molecule has 0 saturated carbocycles. The Morgan fingerprint density at radius 3 is 1.87 bits per heavy atom. The number of hydrogen-bond donors (Lipinski definition) is 7. The van der Waals surface area contributed by atoms with Gasteiger partial charge < -0.3 is 36.6 Å². The first kappa shape index (κ1) is 43.4. The number of carboxylic acids is 1. The monoisotopic (exact) mass is 850 g/mol. The van der Waals surface area contributed by atoms with Crippen LogP contribution >= 0.6 is 22.9 Å². The van der Waals surface area contributed by atoms with Crippen molar-refractivity contribution >= 4 is 64.0 Å². The molecule has 1 aromatic heterocycles. The first-order valence-corrected chi connectivity index (χ1v) is 20.4. The normalized spacial score (nSPS) is 22.1. The van der Waals surface area contributed by atoms with Crippen molar-refractivity contribution in [3.8, 4) is 11.1 Å². The molecule has 2 bridgehead atoms. The van der Waals surface area contributed by atoms with Gasteiger partial charge in [0, 0.05) is 41.3 Å². The lowest BCUT2D eigenvalue weighted by Gasteiger charge is -2.27. The number of ketones is 1. The Morgan fingerprint density at radius 1 is 0.617 bits per heavy atom. The van der Waals surface area contributed by atoms with E-state index in [-0.39, 0.29) is 31.4 Å². The summed E-state index contributed by atoms with van der Waals surface area (Å²) >= 11 is 7.80. The molecule has 0 aliphatic carbocycles. The van der Waals surface area contributed by atoms with Gasteiger partial charge in [0.05, 0.1) is 12.0 Å². The summed E-state index contributed by atoms with van der Waals surface area (Å²) in [6.45, 7) is 0. The zero-order chi connectivity index (χ0) is 42.8. The van der Waals surface area contributed by atoms with Crippen molar-refractivity contribution in [3.05, 3.63) is 147 Å². The van der Waals surface area contributed by atoms with Gasteiger partial charge in [-0.1, -0.05) is 103 Å². The molecule has 4 amide bonds. The van der Waals surface area contributed by atoms with Gasteiger partial charge in [0.15, 0.2) is 18.0 Å². The van der Waals surface area contributed by atoms with Gasteiger partial charge in [0.2, 0.25) is 11.8 Å². The van der Waals surface area contributed by atoms with Gasteiger partial charge in [-0.05, 0) is 63.9 Å². The van der Waals surface area contributed by atoms with Crippen molar-refractivity contribution in [2.75, 3.05) is 5.32 Å². The molecule has 7 rings (SSSR count). The van der Waals surface area contributed by atoms with E-state index in [1.54, 1.807) is 53.9 Å². The van der Waals surface area contributed by atoms with E-state index in [4.69, 9.17) is 11.6 Å². The van der Waals surface area contributed by atoms with Gasteiger partial charge in [0.25, 0.3) is 11.8 Å². The number of aliphatic hydroxyl groups excluding tert-OH is 2. The maximum atomic E-state index is 14.5. The Balaban J connectivity index is 1.38. The number of carbonyl (C=O) groups is 6. The minimum atomic E-state index is -2.30. The molecule has 60 heavy (non-hydrogen) atoms. The number of amides is 4. The quantitative estimate of drug-likeness (QED) is 0.112. The molecule has 0 fully saturated rings. The first-order chi connectivity index (χ1) is 28.8. The fourth-order valence-corrected chi connectivity index (χ4v) is 7.79. The van der Waals surface area contributed by atoms with E-state index in [1.165, 1.54) is 35.6 Å². The number of rotatable bonds is 8. The fourth-order valence-electron chi connectivity index (χ4n) is 6.82. The van der Waals surface area contributed by atoms with Crippen LogP contribution in [0, 0.1) is 5.92 Å². The van der Waals surface area contributed by atoms with Gasteiger partial charge in [-0.15, -0.1) is 11.3 Å². The molecular formula is C45H43ClN4O9S. The molecule has 2 aliphatic heterocycles. The van der Waals surface area contributed by atoms with Crippen molar-refractivity contribution in [1.29, 1.82) is 0 Å². The minimum absolute atomic E-state index is 0.0750. The summed E-state index contributed by atoms with van der Waals surface area (Å²) in [4.78, 5) is 82.4. The Morgan fingerprint density at radius 2 is 1.22 bits per heavy atom. The predicted octanol–water partition coefficient (Wildman–Crippen LogP) is 4.13. The van der Waals surface area contributed by atoms with Crippen LogP contribution in [0.3, 0.4) is 0 Å². The Kier molecular flexibility index (Phi) is 14.6. The Bertz CT molecular complexity index is 2310. The zero-order valence-corrected chi connectivity index (χ0v) is 33.7. The molecule has 7 N–H and O–H groups in total. The number of carbonyl (C=O) groups excluding carboxylic acids is 5. The second-order valence-electron chi connectivity index (χ2n) is 14.5. The van der Waals surface area contributed by atoms with Gasteiger partial charge in [-0.25, -0.2) is 0 Å². The number of aliphatic carboxylic acids is 1. The van der Waals surface area contributed by atoms with E-state index >= 15 is 0 Å². The highest BCUT2D eigenvalue weighted by molar-refractivity contribution is 7.09. The van der Waals surface area contributed by atoms with Gasteiger partial charge in [0.1, 0.15) is 12.1 Å². The zero-order valence-electron chi connectivity index (χ0n) is 32.1. The Hall–Kier alpha value is -6.19. The van der Waals surface area contributed by atoms with E-state index in [0.717, 1.165) is 11.1 Å². The van der Waals surface area contributed by atoms with Gasteiger partial charge in [-0.2, -0.15) is 0 Å². The lowest BCUT2D eigenvalue weighted by Crippen LogP contribution is -2.59. The van der Waals surface area contributed by atoms with Crippen LogP contribution in [-0.4, -0.2) is 81.0 Å². The van der Waals surface area contributed by atoms with Crippen molar-refractivity contribution in [1.82, 2.24) is 16.0 Å². The van der Waals surface area contributed by atoms with Crippen LogP contribution in [0.25, 0.3) is 11.1 Å². The summed E-state index contributed by atoms with van der Waals surface area (Å²) in [5.74, 6) is -7.02. The van der Waals surface area contributed by atoms with Gasteiger partial charge >= 0.3 is 5.97 Å². The molecule has 3 heterocycles. The third-order valence-corrected chi connectivity index (χ3v) is 11.4. The van der Waals surface area contributed by atoms with Crippen LogP contribution < -0.4 is 21.3 Å². The van der Waals surface area contributed by atoms with Crippen molar-refractivity contribution in [2.45, 2.75) is 62.4 Å². The van der Waals surface area contributed by atoms with Crippen molar-refractivity contribution in [2.24, 2.45) is 5.92 Å². The van der Waals surface area contributed by atoms with Crippen LogP contribution in [0.5, 0.6) is 0 Å². The number of benzene rings is 4. The molecule has 15 heteroatoms. The van der Waals surface area contributed by atoms with Crippen LogP contribution in [0.2, 0.25) is 5.02 Å². The number of halogens is 1. The predicted molar refractivity (Wildman–Crippen MR) is 226 cm³/mol. The number of aliphatic hydroxyl groups is 2. The topological polar surface area (TPSA) is 211 Å². The number of Topliss-reactive ketones (excluding diaryl/α,β-unsaturated/α-hetero) is 1. The van der Waals surface area contributed by atoms with Crippen molar-refractivity contribution < 1.29 is 44.1 Å². The third-order valence-electron chi connectivity index (χ3n) is 10.2. The molecule has 4 aromatic carbocycles. The summed E-state index contributed by atoms with van der Waals surface area (Å²) in [5, 5.41) is 44.2. The van der Waals surface area contributed by atoms with Gasteiger partial charge in [-0.3, -0.25) is 28.8 Å². The standard InChI is InChI=1S/C45H43ClN4O9S/c46-34-11-5-4-9-30(34)23-35-38(51)24-31(45(58)59)21-26-14-18-32(19-15-26)47-43(56)39(52)40(53)44(57)50-37(25-33-10-6-20-60-33)42(55)49-36(41(54)48-35)22-27-12-16-29(17-13-27)28-7-2-1-3-8-28/h1-20,31,35-37,39-40,52-53H,21-25H2,(H,47,56)(H,48,54)(H,49,55)(H,50,57)(H,58,59)/t31-,35-,36+,37-,39-,40-/m1/s1. The first-order valence-electron chi connectivity index (χ1n) is 19.2. The summed E-state index contributed by atoms with van der Waals surface area (Å²) in [5.41, 5.74) is 3.69. The highest BCUT2D eigenvalue weighted by atomic mass is 35.5. The number of fused-ring (bicyclic) bond motifs is 18. The summed E-state index contributed by atoms with van der Waals surface area (Å²) in [6, 6.07) is 29.0. The summed E-state index contributed by atoms with van der Waals surface area (Å²) < 4.78 is 0. The van der Waals surface area contributed by atoms with E-state index < -0.39 is 78.1 Å². The molecule has 0 radical (unpaired) electrons. The highest BCUT2D eigenvalue weighted by Crippen LogP contribution is 2.23. The Labute approximate surface area is 354 Å². The average molecular weight is 851 g/mol. The summed E-state index contributed by atoms with van der Waals surface area (Å²) in [6.07, 6.45) is -5.36. The second kappa shape index (κ2) is 20.2. The van der Waals surface area contributed by atoms with Crippen LogP contribution in [0.4, 0.5) is 5.69 Å². The van der Waals surface area contributed by atoms with Crippen LogP contribution in [0.1, 0.15) is 28.0 Å². The summed E-state index contributed by atoms with van der Waals surface area (Å²) in [7, 11) is 0. The molecule has 0 unspecified atom stereocenters. The molecule has 6 atom stereocenters. The number of carboxylic acid groups (broad SMARTS) is 1. The molecule has 13 nitrogen and oxygen atoms in total. The van der Waals surface area contributed by atoms with E-state index in [1.807, 2.05) is 42.5 Å². The minimum Gasteiger partial charge on any atom is -0.481 e. The number of anilines is 1. The highest BCUT2D eigenvalue weighted by Gasteiger charge is 2.36.